The molecular formula is C38H56N2. The van der Waals surface area contributed by atoms with Crippen molar-refractivity contribution in [3.63, 3.8) is 0 Å². The quantitative estimate of drug-likeness (QED) is 0.332. The molecule has 0 saturated heterocycles. The van der Waals surface area contributed by atoms with Gasteiger partial charge in [0.05, 0.1) is 11.4 Å². The molecule has 3 aromatic carbocycles. The minimum Gasteiger partial charge on any atom is -0.365 e. The van der Waals surface area contributed by atoms with Gasteiger partial charge in [0.15, 0.2) is 0 Å². The van der Waals surface area contributed by atoms with Gasteiger partial charge in [0.1, 0.15) is 6.17 Å². The van der Waals surface area contributed by atoms with Gasteiger partial charge in [-0.25, -0.2) is 0 Å². The summed E-state index contributed by atoms with van der Waals surface area (Å²) < 4.78 is 0. The van der Waals surface area contributed by atoms with Crippen LogP contribution in [-0.4, -0.2) is 0 Å². The second-order valence-electron chi connectivity index (χ2n) is 10.9. The fraction of sp³-hybridized carbons (Fsp3) is 0.421. The fourth-order valence-corrected chi connectivity index (χ4v) is 5.06. The van der Waals surface area contributed by atoms with Crippen molar-refractivity contribution in [1.29, 1.82) is 0 Å². The van der Waals surface area contributed by atoms with Crippen LogP contribution in [0.3, 0.4) is 0 Å². The Bertz CT molecular complexity index is 1190. The zero-order valence-corrected chi connectivity index (χ0v) is 27.4. The average molecular weight is 541 g/mol. The Morgan fingerprint density at radius 2 is 1.35 bits per heavy atom. The monoisotopic (exact) mass is 540 g/mol. The molecule has 1 atom stereocenters. The molecule has 218 valence electrons. The van der Waals surface area contributed by atoms with E-state index in [2.05, 4.69) is 139 Å². The standard InChI is InChI=1S/C28H30N2.C4H10.2C2H6.C2H4/c1-18-9-8-10-19(2)26(18)25-17-29-27-22-12-7-6-11-21(22)23-15-20(16-28(3,4)5)13-14-24(23)30(25)27;1-3-4-2;3*1-2/h6-15,17,27,29H,16H2,1-5H3;3-4H2,1-2H3;2*1-2H3;1-2H2. The van der Waals surface area contributed by atoms with Gasteiger partial charge in [-0.3, -0.25) is 0 Å². The first-order valence-electron chi connectivity index (χ1n) is 15.3. The van der Waals surface area contributed by atoms with E-state index in [4.69, 9.17) is 0 Å². The highest BCUT2D eigenvalue weighted by Gasteiger charge is 2.37. The van der Waals surface area contributed by atoms with Gasteiger partial charge < -0.3 is 10.2 Å². The molecule has 0 aliphatic carbocycles. The lowest BCUT2D eigenvalue weighted by atomic mass is 9.84. The Labute approximate surface area is 247 Å². The Morgan fingerprint density at radius 3 is 1.90 bits per heavy atom. The second kappa shape index (κ2) is 16.8. The number of hydrogen-bond donors (Lipinski definition) is 1. The number of benzene rings is 3. The van der Waals surface area contributed by atoms with Crippen LogP contribution in [0.4, 0.5) is 5.69 Å². The van der Waals surface area contributed by atoms with Gasteiger partial charge in [0.25, 0.3) is 0 Å². The van der Waals surface area contributed by atoms with Gasteiger partial charge in [-0.05, 0) is 60.1 Å². The van der Waals surface area contributed by atoms with Crippen molar-refractivity contribution in [3.05, 3.63) is 108 Å². The molecule has 2 aliphatic heterocycles. The number of fused-ring (bicyclic) bond motifs is 6. The predicted octanol–water partition coefficient (Wildman–Crippen LogP) is 11.6. The largest absolute Gasteiger partial charge is 0.365 e. The number of hydrogen-bond acceptors (Lipinski definition) is 2. The summed E-state index contributed by atoms with van der Waals surface area (Å²) in [5.41, 5.74) is 12.2. The summed E-state index contributed by atoms with van der Waals surface area (Å²) >= 11 is 0. The maximum absolute atomic E-state index is 3.68. The first-order chi connectivity index (χ1) is 19.2. The lowest BCUT2D eigenvalue weighted by molar-refractivity contribution is 0.411. The highest BCUT2D eigenvalue weighted by atomic mass is 15.3. The highest BCUT2D eigenvalue weighted by Crippen LogP contribution is 2.50. The molecule has 0 bridgehead atoms. The van der Waals surface area contributed by atoms with E-state index in [-0.39, 0.29) is 11.6 Å². The molecular weight excluding hydrogens is 484 g/mol. The van der Waals surface area contributed by atoms with Crippen molar-refractivity contribution in [2.75, 3.05) is 4.90 Å². The number of nitrogens with zero attached hydrogens (tertiary/aromatic N) is 1. The van der Waals surface area contributed by atoms with Gasteiger partial charge >= 0.3 is 0 Å². The van der Waals surface area contributed by atoms with Crippen LogP contribution in [0.2, 0.25) is 0 Å². The predicted molar refractivity (Wildman–Crippen MR) is 182 cm³/mol. The maximum Gasteiger partial charge on any atom is 0.130 e. The molecule has 2 heterocycles. The van der Waals surface area contributed by atoms with Crippen LogP contribution in [0.5, 0.6) is 0 Å². The van der Waals surface area contributed by atoms with Gasteiger partial charge in [-0.1, -0.05) is 124 Å². The van der Waals surface area contributed by atoms with Crippen molar-refractivity contribution in [2.24, 2.45) is 5.41 Å². The van der Waals surface area contributed by atoms with Crippen molar-refractivity contribution in [1.82, 2.24) is 5.32 Å². The van der Waals surface area contributed by atoms with Crippen molar-refractivity contribution in [3.8, 4) is 11.1 Å². The van der Waals surface area contributed by atoms with Gasteiger partial charge in [-0.2, -0.15) is 0 Å². The van der Waals surface area contributed by atoms with Crippen LogP contribution in [0, 0.1) is 19.3 Å². The van der Waals surface area contributed by atoms with E-state index < -0.39 is 0 Å². The summed E-state index contributed by atoms with van der Waals surface area (Å²) in [5, 5.41) is 3.68. The Hall–Kier alpha value is -3.26. The van der Waals surface area contributed by atoms with Crippen molar-refractivity contribution < 1.29 is 0 Å². The first-order valence-corrected chi connectivity index (χ1v) is 15.3. The third-order valence-electron chi connectivity index (χ3n) is 6.73. The second-order valence-corrected chi connectivity index (χ2v) is 10.9. The normalized spacial score (nSPS) is 13.9. The summed E-state index contributed by atoms with van der Waals surface area (Å²) in [5.74, 6) is 0. The topological polar surface area (TPSA) is 15.3 Å². The average Bonchev–Trinajstić information content (AvgIpc) is 3.40. The van der Waals surface area contributed by atoms with Gasteiger partial charge in [-0.15, -0.1) is 13.2 Å². The Kier molecular flexibility index (Phi) is 14.6. The number of rotatable bonds is 3. The van der Waals surface area contributed by atoms with E-state index in [1.807, 2.05) is 27.7 Å². The van der Waals surface area contributed by atoms with E-state index in [0.717, 1.165) is 6.42 Å². The molecule has 0 spiro atoms. The third kappa shape index (κ3) is 8.13. The summed E-state index contributed by atoms with van der Waals surface area (Å²) in [4.78, 5) is 2.49. The molecule has 3 aromatic rings. The molecule has 2 nitrogen and oxygen atoms in total. The lowest BCUT2D eigenvalue weighted by Gasteiger charge is -2.38. The SMILES string of the molecule is C=C.CC.CC.CCCC.Cc1cccc(C)c1C1=CNC2c3ccccc3-c3cc(CC(C)(C)C)ccc3N12. The molecule has 0 fully saturated rings. The highest BCUT2D eigenvalue weighted by molar-refractivity contribution is 5.95. The molecule has 0 amide bonds. The molecule has 0 radical (unpaired) electrons. The Balaban J connectivity index is 0.000000712. The minimum absolute atomic E-state index is 0.135. The van der Waals surface area contributed by atoms with Crippen molar-refractivity contribution >= 4 is 11.4 Å². The summed E-state index contributed by atoms with van der Waals surface area (Å²) in [6, 6.07) is 22.5. The molecule has 2 heteroatoms. The zero-order chi connectivity index (χ0) is 30.5. The van der Waals surface area contributed by atoms with Crippen LogP contribution in [-0.2, 0) is 6.42 Å². The number of aryl methyl sites for hydroxylation is 2. The van der Waals surface area contributed by atoms with E-state index in [0.29, 0.717) is 0 Å². The number of nitrogens with one attached hydrogen (secondary N) is 1. The van der Waals surface area contributed by atoms with Crippen LogP contribution in [0.25, 0.3) is 16.8 Å². The summed E-state index contributed by atoms with van der Waals surface area (Å²) in [6.45, 7) is 29.7. The first kappa shape index (κ1) is 34.8. The van der Waals surface area contributed by atoms with E-state index in [9.17, 15) is 0 Å². The van der Waals surface area contributed by atoms with Gasteiger partial charge in [0, 0.05) is 22.9 Å². The van der Waals surface area contributed by atoms with E-state index >= 15 is 0 Å². The van der Waals surface area contributed by atoms with Gasteiger partial charge in [0.2, 0.25) is 0 Å². The molecule has 5 rings (SSSR count). The van der Waals surface area contributed by atoms with Crippen LogP contribution >= 0.6 is 0 Å². The number of anilines is 1. The zero-order valence-electron chi connectivity index (χ0n) is 27.4. The molecule has 2 aliphatic rings. The lowest BCUT2D eigenvalue weighted by Crippen LogP contribution is -2.32. The summed E-state index contributed by atoms with van der Waals surface area (Å²) in [7, 11) is 0. The number of unbranched alkanes of at least 4 members (excludes halogenated alkanes) is 1. The molecule has 1 unspecified atom stereocenters. The molecule has 0 aromatic heterocycles. The third-order valence-corrected chi connectivity index (χ3v) is 6.73. The van der Waals surface area contributed by atoms with Crippen LogP contribution in [0.1, 0.15) is 109 Å². The van der Waals surface area contributed by atoms with Crippen LogP contribution < -0.4 is 10.2 Å². The molecule has 40 heavy (non-hydrogen) atoms. The minimum atomic E-state index is 0.135. The van der Waals surface area contributed by atoms with Crippen LogP contribution in [0.15, 0.2) is 80.0 Å². The molecule has 0 saturated carbocycles. The Morgan fingerprint density at radius 1 is 0.775 bits per heavy atom. The fourth-order valence-electron chi connectivity index (χ4n) is 5.06. The maximum atomic E-state index is 3.68. The van der Waals surface area contributed by atoms with Crippen molar-refractivity contribution in [2.45, 2.75) is 102 Å². The smallest absolute Gasteiger partial charge is 0.130 e. The van der Waals surface area contributed by atoms with E-state index in [1.165, 1.54) is 63.2 Å². The molecule has 1 N–H and O–H groups in total. The summed E-state index contributed by atoms with van der Waals surface area (Å²) in [6.07, 6.45) is 6.05. The van der Waals surface area contributed by atoms with E-state index in [1.54, 1.807) is 0 Å².